The molecule has 14 heteroatoms. The molecule has 45 heavy (non-hydrogen) atoms. The molecule has 0 spiro atoms. The molecule has 0 amide bonds. The lowest BCUT2D eigenvalue weighted by molar-refractivity contribution is 0.0526. The maximum absolute atomic E-state index is 15.6. The van der Waals surface area contributed by atoms with Crippen molar-refractivity contribution in [1.29, 1.82) is 5.41 Å². The van der Waals surface area contributed by atoms with E-state index in [1.165, 1.54) is 42.5 Å². The number of carbonyl (C=O) groups excluding carboxylic acids is 1. The zero-order valence-corrected chi connectivity index (χ0v) is 24.8. The monoisotopic (exact) mass is 635 g/mol. The highest BCUT2D eigenvalue weighted by Crippen LogP contribution is 2.41. The van der Waals surface area contributed by atoms with E-state index in [9.17, 15) is 18.8 Å². The third kappa shape index (κ3) is 6.72. The summed E-state index contributed by atoms with van der Waals surface area (Å²) < 4.78 is 60.3. The van der Waals surface area contributed by atoms with Crippen LogP contribution in [0.2, 0.25) is 0 Å². The number of esters is 1. The minimum Gasteiger partial charge on any atom is -0.606 e. The van der Waals surface area contributed by atoms with Crippen molar-refractivity contribution in [2.45, 2.75) is 22.9 Å². The standard InChI is InChI=1S/C31H27F2N5O6S/c1-3-42-31(40)17-4-7-19(8-5-17)45(41)20-9-11-24(21(15-20)29-36-12-13-38(29)2)43-27-22(32)16-37-30(26(27)33)44-25-14-18(28(34)35)6-10-23(25)39/h4-12,14-16,29,39H,3,13H2,1-2H3,(H3,34,35). The first-order valence-electron chi connectivity index (χ1n) is 13.5. The minimum absolute atomic E-state index is 0.0284. The van der Waals surface area contributed by atoms with Crippen LogP contribution in [0.3, 0.4) is 0 Å². The second-order valence-corrected chi connectivity index (χ2v) is 11.2. The van der Waals surface area contributed by atoms with Crippen molar-refractivity contribution in [2.24, 2.45) is 10.7 Å². The van der Waals surface area contributed by atoms with Crippen LogP contribution in [-0.2, 0) is 15.9 Å². The number of aliphatic imine (C=N–C) groups is 1. The Labute approximate surface area is 259 Å². The van der Waals surface area contributed by atoms with E-state index in [4.69, 9.17) is 25.4 Å². The van der Waals surface area contributed by atoms with Crippen LogP contribution in [0.1, 0.15) is 34.6 Å². The number of ether oxygens (including phenoxy) is 3. The zero-order chi connectivity index (χ0) is 32.2. The average molecular weight is 636 g/mol. The predicted octanol–water partition coefficient (Wildman–Crippen LogP) is 5.29. The van der Waals surface area contributed by atoms with Gasteiger partial charge in [-0.1, -0.05) is 0 Å². The van der Waals surface area contributed by atoms with E-state index in [0.29, 0.717) is 33.7 Å². The number of carbonyl (C=O) groups is 1. The highest BCUT2D eigenvalue weighted by molar-refractivity contribution is 7.91. The average Bonchev–Trinajstić information content (AvgIpc) is 3.46. The smallest absolute Gasteiger partial charge is 0.338 e. The molecule has 1 aliphatic heterocycles. The molecular formula is C31H27F2N5O6S. The van der Waals surface area contributed by atoms with Gasteiger partial charge in [0.25, 0.3) is 5.88 Å². The SMILES string of the molecule is CCOC(=O)c1ccc([S+]([O-])c2ccc(Oc3c(F)cnc(Oc4cc(C(=N)N)ccc4O)c3F)c(C3N=CCN3C)c2)cc1. The van der Waals surface area contributed by atoms with E-state index >= 15 is 4.39 Å². The topological polar surface area (TPSA) is 166 Å². The van der Waals surface area contributed by atoms with Gasteiger partial charge >= 0.3 is 5.97 Å². The van der Waals surface area contributed by atoms with Crippen LogP contribution < -0.4 is 15.2 Å². The van der Waals surface area contributed by atoms with Crippen molar-refractivity contribution in [2.75, 3.05) is 20.2 Å². The summed E-state index contributed by atoms with van der Waals surface area (Å²) in [6.07, 6.45) is 1.76. The summed E-state index contributed by atoms with van der Waals surface area (Å²) >= 11 is -1.70. The van der Waals surface area contributed by atoms with Gasteiger partial charge in [0.05, 0.1) is 18.4 Å². The summed E-state index contributed by atoms with van der Waals surface area (Å²) in [4.78, 5) is 22.7. The van der Waals surface area contributed by atoms with Gasteiger partial charge in [-0.15, -0.1) is 0 Å². The first kappa shape index (κ1) is 31.4. The molecule has 0 saturated heterocycles. The van der Waals surface area contributed by atoms with Crippen LogP contribution in [0.5, 0.6) is 28.9 Å². The molecule has 0 radical (unpaired) electrons. The first-order valence-corrected chi connectivity index (χ1v) is 14.6. The number of nitrogens with zero attached hydrogens (tertiary/aromatic N) is 3. The molecule has 3 aromatic carbocycles. The van der Waals surface area contributed by atoms with Gasteiger partial charge in [0.15, 0.2) is 27.1 Å². The largest absolute Gasteiger partial charge is 0.606 e. The number of pyridine rings is 1. The number of nitrogens with two attached hydrogens (primary N) is 1. The van der Waals surface area contributed by atoms with Crippen molar-refractivity contribution in [1.82, 2.24) is 9.88 Å². The summed E-state index contributed by atoms with van der Waals surface area (Å²) in [7, 11) is 1.79. The van der Waals surface area contributed by atoms with Gasteiger partial charge in [-0.05, 0) is 68.6 Å². The number of nitrogens with one attached hydrogen (secondary N) is 1. The Balaban J connectivity index is 1.48. The Hall–Kier alpha value is -5.05. The van der Waals surface area contributed by atoms with E-state index in [1.54, 1.807) is 38.4 Å². The Bertz CT molecular complexity index is 1790. The van der Waals surface area contributed by atoms with E-state index in [2.05, 4.69) is 9.98 Å². The number of hydrogen-bond acceptors (Lipinski definition) is 10. The molecule has 0 fully saturated rings. The molecule has 2 atom stereocenters. The first-order chi connectivity index (χ1) is 21.6. The summed E-state index contributed by atoms with van der Waals surface area (Å²) in [6, 6.07) is 14.4. The second-order valence-electron chi connectivity index (χ2n) is 9.71. The molecule has 4 aromatic rings. The van der Waals surface area contributed by atoms with Gasteiger partial charge in [-0.25, -0.2) is 14.2 Å². The molecule has 1 aliphatic rings. The molecule has 4 N–H and O–H groups in total. The van der Waals surface area contributed by atoms with Gasteiger partial charge in [0.2, 0.25) is 11.6 Å². The summed E-state index contributed by atoms with van der Waals surface area (Å²) in [5.74, 6) is -5.42. The van der Waals surface area contributed by atoms with Crippen LogP contribution in [0.4, 0.5) is 8.78 Å². The van der Waals surface area contributed by atoms with Crippen molar-refractivity contribution in [3.63, 3.8) is 0 Å². The van der Waals surface area contributed by atoms with Crippen molar-refractivity contribution in [3.05, 3.63) is 95.2 Å². The van der Waals surface area contributed by atoms with Crippen molar-refractivity contribution in [3.8, 4) is 28.9 Å². The number of hydrogen-bond donors (Lipinski definition) is 3. The Morgan fingerprint density at radius 2 is 1.80 bits per heavy atom. The molecule has 5 rings (SSSR count). The third-order valence-electron chi connectivity index (χ3n) is 6.68. The normalized spacial score (nSPS) is 15.1. The van der Waals surface area contributed by atoms with E-state index in [1.807, 2.05) is 4.90 Å². The molecule has 232 valence electrons. The van der Waals surface area contributed by atoms with Crippen molar-refractivity contribution < 1.29 is 37.4 Å². The Morgan fingerprint density at radius 1 is 1.09 bits per heavy atom. The lowest BCUT2D eigenvalue weighted by atomic mass is 10.1. The quantitative estimate of drug-likeness (QED) is 0.0908. The molecule has 11 nitrogen and oxygen atoms in total. The maximum Gasteiger partial charge on any atom is 0.338 e. The molecule has 0 aliphatic carbocycles. The highest BCUT2D eigenvalue weighted by Gasteiger charge is 2.29. The molecular weight excluding hydrogens is 608 g/mol. The molecule has 0 bridgehead atoms. The molecule has 2 unspecified atom stereocenters. The van der Waals surface area contributed by atoms with Crippen LogP contribution in [0.15, 0.2) is 81.6 Å². The molecule has 2 heterocycles. The number of halogens is 2. The highest BCUT2D eigenvalue weighted by atomic mass is 32.2. The number of rotatable bonds is 10. The van der Waals surface area contributed by atoms with Crippen LogP contribution in [-0.4, -0.2) is 57.8 Å². The van der Waals surface area contributed by atoms with Gasteiger partial charge in [0.1, 0.15) is 17.8 Å². The predicted molar refractivity (Wildman–Crippen MR) is 161 cm³/mol. The number of phenolic OH excluding ortho intramolecular Hbond substituents is 1. The van der Waals surface area contributed by atoms with Crippen LogP contribution in [0.25, 0.3) is 0 Å². The number of nitrogen functional groups attached to an aromatic ring is 1. The van der Waals surface area contributed by atoms with E-state index < -0.39 is 52.3 Å². The summed E-state index contributed by atoms with van der Waals surface area (Å²) in [5.41, 5.74) is 6.38. The van der Waals surface area contributed by atoms with Gasteiger partial charge in [0, 0.05) is 41.1 Å². The number of aromatic nitrogens is 1. The number of amidine groups is 1. The number of benzene rings is 3. The fourth-order valence-corrected chi connectivity index (χ4v) is 5.46. The number of aromatic hydroxyl groups is 1. The summed E-state index contributed by atoms with van der Waals surface area (Å²) in [6.45, 7) is 2.41. The van der Waals surface area contributed by atoms with E-state index in [0.717, 1.165) is 0 Å². The maximum atomic E-state index is 15.6. The lowest BCUT2D eigenvalue weighted by Gasteiger charge is -2.22. The molecule has 0 saturated carbocycles. The van der Waals surface area contributed by atoms with Crippen LogP contribution in [0, 0.1) is 17.0 Å². The van der Waals surface area contributed by atoms with Crippen molar-refractivity contribution >= 4 is 29.2 Å². The van der Waals surface area contributed by atoms with Gasteiger partial charge < -0.3 is 29.6 Å². The van der Waals surface area contributed by atoms with E-state index in [-0.39, 0.29) is 29.5 Å². The fourth-order valence-electron chi connectivity index (χ4n) is 4.38. The Morgan fingerprint density at radius 3 is 2.47 bits per heavy atom. The fraction of sp³-hybridized carbons (Fsp3) is 0.161. The zero-order valence-electron chi connectivity index (χ0n) is 24.0. The minimum atomic E-state index is -1.70. The number of phenols is 1. The third-order valence-corrected chi connectivity index (χ3v) is 8.06. The van der Waals surface area contributed by atoms with Gasteiger partial charge in [-0.3, -0.25) is 15.3 Å². The van der Waals surface area contributed by atoms with Gasteiger partial charge in [-0.2, -0.15) is 4.39 Å². The second kappa shape index (κ2) is 13.3. The summed E-state index contributed by atoms with van der Waals surface area (Å²) in [5, 5.41) is 17.7. The Kier molecular flexibility index (Phi) is 9.27. The van der Waals surface area contributed by atoms with Crippen LogP contribution >= 0.6 is 0 Å². The molecule has 1 aromatic heterocycles. The lowest BCUT2D eigenvalue weighted by Crippen LogP contribution is -2.20.